The summed E-state index contributed by atoms with van der Waals surface area (Å²) in [5.74, 6) is 0.163. The van der Waals surface area contributed by atoms with Gasteiger partial charge in [0.15, 0.2) is 0 Å². The third kappa shape index (κ3) is 4.68. The van der Waals surface area contributed by atoms with Crippen molar-refractivity contribution >= 4 is 11.7 Å². The first-order valence-electron chi connectivity index (χ1n) is 6.49. The van der Waals surface area contributed by atoms with Gasteiger partial charge in [0.25, 0.3) is 6.43 Å². The zero-order valence-corrected chi connectivity index (χ0v) is 12.0. The minimum absolute atomic E-state index is 0.163. The van der Waals surface area contributed by atoms with Crippen LogP contribution < -0.4 is 10.1 Å². The zero-order valence-electron chi connectivity index (χ0n) is 12.0. The highest BCUT2D eigenvalue weighted by molar-refractivity contribution is 5.89. The molecule has 20 heavy (non-hydrogen) atoms. The van der Waals surface area contributed by atoms with Crippen LogP contribution in [0.5, 0.6) is 5.75 Å². The van der Waals surface area contributed by atoms with Gasteiger partial charge in [-0.2, -0.15) is 0 Å². The van der Waals surface area contributed by atoms with Crippen LogP contribution in [0.25, 0.3) is 0 Å². The van der Waals surface area contributed by atoms with E-state index in [1.165, 1.54) is 17.0 Å². The molecule has 0 bridgehead atoms. The zero-order chi connectivity index (χ0) is 15.1. The number of ether oxygens (including phenoxy) is 1. The maximum absolute atomic E-state index is 13.0. The van der Waals surface area contributed by atoms with E-state index >= 15 is 0 Å². The van der Waals surface area contributed by atoms with Crippen LogP contribution in [-0.2, 0) is 0 Å². The SMILES string of the molecule is CCCCOc1ccc(NC(=O)N(C)C)cc1C(F)F. The molecular weight excluding hydrogens is 266 g/mol. The summed E-state index contributed by atoms with van der Waals surface area (Å²) in [5, 5.41) is 2.53. The van der Waals surface area contributed by atoms with Gasteiger partial charge in [0.05, 0.1) is 12.2 Å². The standard InChI is InChI=1S/C14H20F2N2O2/c1-4-5-8-20-12-7-6-10(9-11(12)13(15)16)17-14(19)18(2)3/h6-7,9,13H,4-5,8H2,1-3H3,(H,17,19). The van der Waals surface area contributed by atoms with Gasteiger partial charge in [-0.1, -0.05) is 13.3 Å². The number of amides is 2. The second-order valence-corrected chi connectivity index (χ2v) is 4.58. The molecule has 0 aliphatic rings. The molecule has 0 saturated carbocycles. The van der Waals surface area contributed by atoms with Gasteiger partial charge in [0, 0.05) is 19.8 Å². The predicted molar refractivity (Wildman–Crippen MR) is 74.5 cm³/mol. The number of nitrogens with one attached hydrogen (secondary N) is 1. The Hall–Kier alpha value is -1.85. The third-order valence-electron chi connectivity index (χ3n) is 2.66. The van der Waals surface area contributed by atoms with Crippen molar-refractivity contribution in [2.45, 2.75) is 26.2 Å². The molecule has 0 saturated heterocycles. The van der Waals surface area contributed by atoms with E-state index in [1.54, 1.807) is 20.2 Å². The quantitative estimate of drug-likeness (QED) is 0.806. The summed E-state index contributed by atoms with van der Waals surface area (Å²) in [4.78, 5) is 12.8. The molecule has 2 amide bonds. The molecule has 112 valence electrons. The first-order valence-corrected chi connectivity index (χ1v) is 6.49. The number of alkyl halides is 2. The maximum Gasteiger partial charge on any atom is 0.321 e. The van der Waals surface area contributed by atoms with Crippen molar-refractivity contribution in [3.05, 3.63) is 23.8 Å². The molecule has 0 aliphatic heterocycles. The Morgan fingerprint density at radius 1 is 1.40 bits per heavy atom. The number of urea groups is 1. The number of carbonyl (C=O) groups is 1. The molecule has 1 aromatic carbocycles. The normalized spacial score (nSPS) is 10.5. The van der Waals surface area contributed by atoms with Crippen molar-refractivity contribution < 1.29 is 18.3 Å². The predicted octanol–water partition coefficient (Wildman–Crippen LogP) is 3.90. The fraction of sp³-hybridized carbons (Fsp3) is 0.500. The Labute approximate surface area is 117 Å². The van der Waals surface area contributed by atoms with Gasteiger partial charge in [-0.05, 0) is 24.6 Å². The molecule has 0 fully saturated rings. The van der Waals surface area contributed by atoms with Gasteiger partial charge in [-0.15, -0.1) is 0 Å². The van der Waals surface area contributed by atoms with E-state index in [-0.39, 0.29) is 17.3 Å². The number of hydrogen-bond acceptors (Lipinski definition) is 2. The first kappa shape index (κ1) is 16.2. The Morgan fingerprint density at radius 3 is 2.65 bits per heavy atom. The summed E-state index contributed by atoms with van der Waals surface area (Å²) in [5.41, 5.74) is 0.111. The highest BCUT2D eigenvalue weighted by Gasteiger charge is 2.16. The second-order valence-electron chi connectivity index (χ2n) is 4.58. The average molecular weight is 286 g/mol. The molecule has 0 heterocycles. The summed E-state index contributed by atoms with van der Waals surface area (Å²) >= 11 is 0. The number of anilines is 1. The highest BCUT2D eigenvalue weighted by atomic mass is 19.3. The lowest BCUT2D eigenvalue weighted by molar-refractivity contribution is 0.145. The van der Waals surface area contributed by atoms with E-state index in [1.807, 2.05) is 6.92 Å². The average Bonchev–Trinajstić information content (AvgIpc) is 2.40. The fourth-order valence-corrected chi connectivity index (χ4v) is 1.49. The van der Waals surface area contributed by atoms with Crippen LogP contribution in [0.2, 0.25) is 0 Å². The minimum atomic E-state index is -2.65. The Kier molecular flexibility index (Phi) is 6.21. The topological polar surface area (TPSA) is 41.6 Å². The number of halogens is 2. The molecule has 1 N–H and O–H groups in total. The van der Waals surface area contributed by atoms with Gasteiger partial charge in [-0.25, -0.2) is 13.6 Å². The van der Waals surface area contributed by atoms with E-state index in [2.05, 4.69) is 5.32 Å². The van der Waals surface area contributed by atoms with Gasteiger partial charge in [0.2, 0.25) is 0 Å². The van der Waals surface area contributed by atoms with Crippen molar-refractivity contribution in [3.63, 3.8) is 0 Å². The molecular formula is C14H20F2N2O2. The lowest BCUT2D eigenvalue weighted by Gasteiger charge is -2.15. The molecule has 0 radical (unpaired) electrons. The van der Waals surface area contributed by atoms with Crippen LogP contribution >= 0.6 is 0 Å². The molecule has 6 heteroatoms. The number of benzene rings is 1. The first-order chi connectivity index (χ1) is 9.45. The molecule has 1 rings (SSSR count). The number of unbranched alkanes of at least 4 members (excludes halogenated alkanes) is 1. The highest BCUT2D eigenvalue weighted by Crippen LogP contribution is 2.31. The maximum atomic E-state index is 13.0. The van der Waals surface area contributed by atoms with Crippen LogP contribution in [0.3, 0.4) is 0 Å². The summed E-state index contributed by atoms with van der Waals surface area (Å²) in [6.07, 6.45) is -0.911. The van der Waals surface area contributed by atoms with Crippen LogP contribution in [-0.4, -0.2) is 31.6 Å². The Bertz CT molecular complexity index is 451. The molecule has 0 atom stereocenters. The smallest absolute Gasteiger partial charge is 0.321 e. The van der Waals surface area contributed by atoms with E-state index < -0.39 is 6.43 Å². The van der Waals surface area contributed by atoms with Crippen molar-refractivity contribution in [1.29, 1.82) is 0 Å². The van der Waals surface area contributed by atoms with Crippen LogP contribution in [0.15, 0.2) is 18.2 Å². The van der Waals surface area contributed by atoms with Gasteiger partial charge in [-0.3, -0.25) is 0 Å². The molecule has 0 aromatic heterocycles. The van der Waals surface area contributed by atoms with Crippen molar-refractivity contribution in [3.8, 4) is 5.75 Å². The van der Waals surface area contributed by atoms with Crippen LogP contribution in [0, 0.1) is 0 Å². The van der Waals surface area contributed by atoms with Gasteiger partial charge < -0.3 is 15.0 Å². The second kappa shape index (κ2) is 7.67. The lowest BCUT2D eigenvalue weighted by Crippen LogP contribution is -2.27. The van der Waals surface area contributed by atoms with E-state index in [9.17, 15) is 13.6 Å². The lowest BCUT2D eigenvalue weighted by atomic mass is 10.2. The third-order valence-corrected chi connectivity index (χ3v) is 2.66. The summed E-state index contributed by atoms with van der Waals surface area (Å²) < 4.78 is 31.4. The summed E-state index contributed by atoms with van der Waals surface area (Å²) in [7, 11) is 3.15. The minimum Gasteiger partial charge on any atom is -0.493 e. The van der Waals surface area contributed by atoms with E-state index in [4.69, 9.17) is 4.74 Å². The monoisotopic (exact) mass is 286 g/mol. The summed E-state index contributed by atoms with van der Waals surface area (Å²) in [6, 6.07) is 3.88. The largest absolute Gasteiger partial charge is 0.493 e. The van der Waals surface area contributed by atoms with E-state index in [0.717, 1.165) is 12.8 Å². The van der Waals surface area contributed by atoms with Crippen molar-refractivity contribution in [2.75, 3.05) is 26.0 Å². The number of hydrogen-bond donors (Lipinski definition) is 1. The number of rotatable bonds is 6. The molecule has 4 nitrogen and oxygen atoms in total. The van der Waals surface area contributed by atoms with Gasteiger partial charge in [0.1, 0.15) is 5.75 Å². The Morgan fingerprint density at radius 2 is 2.10 bits per heavy atom. The van der Waals surface area contributed by atoms with E-state index in [0.29, 0.717) is 12.3 Å². The molecule has 0 spiro atoms. The fourth-order valence-electron chi connectivity index (χ4n) is 1.49. The number of nitrogens with zero attached hydrogens (tertiary/aromatic N) is 1. The number of carbonyl (C=O) groups excluding carboxylic acids is 1. The van der Waals surface area contributed by atoms with Crippen molar-refractivity contribution in [1.82, 2.24) is 4.90 Å². The molecule has 1 aromatic rings. The Balaban J connectivity index is 2.86. The molecule has 0 unspecified atom stereocenters. The van der Waals surface area contributed by atoms with Crippen molar-refractivity contribution in [2.24, 2.45) is 0 Å². The van der Waals surface area contributed by atoms with Crippen LogP contribution in [0.1, 0.15) is 31.8 Å². The summed E-state index contributed by atoms with van der Waals surface area (Å²) in [6.45, 7) is 2.40. The van der Waals surface area contributed by atoms with Crippen LogP contribution in [0.4, 0.5) is 19.3 Å². The van der Waals surface area contributed by atoms with Gasteiger partial charge >= 0.3 is 6.03 Å². The molecule has 0 aliphatic carbocycles.